The van der Waals surface area contributed by atoms with Crippen LogP contribution in [0.2, 0.25) is 0 Å². The van der Waals surface area contributed by atoms with Crippen LogP contribution in [-0.2, 0) is 14.8 Å². The van der Waals surface area contributed by atoms with E-state index in [0.29, 0.717) is 31.6 Å². The molecule has 0 radical (unpaired) electrons. The zero-order valence-corrected chi connectivity index (χ0v) is 19.6. The summed E-state index contributed by atoms with van der Waals surface area (Å²) in [6.07, 6.45) is 3.68. The summed E-state index contributed by atoms with van der Waals surface area (Å²) in [7, 11) is -3.74. The van der Waals surface area contributed by atoms with Crippen molar-refractivity contribution in [3.63, 3.8) is 0 Å². The van der Waals surface area contributed by atoms with Crippen LogP contribution in [0.4, 0.5) is 0 Å². The van der Waals surface area contributed by atoms with E-state index in [9.17, 15) is 13.2 Å². The Bertz CT molecular complexity index is 1010. The van der Waals surface area contributed by atoms with Crippen molar-refractivity contribution in [2.75, 3.05) is 32.7 Å². The molecule has 2 fully saturated rings. The third-order valence-electron chi connectivity index (χ3n) is 6.56. The van der Waals surface area contributed by atoms with Gasteiger partial charge in [-0.05, 0) is 58.2 Å². The number of sulfonamides is 1. The van der Waals surface area contributed by atoms with Gasteiger partial charge in [0.15, 0.2) is 5.76 Å². The number of carbonyl (C=O) groups excluding carboxylic acids is 1. The second kappa shape index (κ2) is 9.72. The summed E-state index contributed by atoms with van der Waals surface area (Å²) in [6, 6.07) is 10.4. The van der Waals surface area contributed by atoms with Gasteiger partial charge < -0.3 is 9.84 Å². The molecular formula is C23H32N4O4S. The number of likely N-dealkylation sites (tertiary alicyclic amines) is 1. The van der Waals surface area contributed by atoms with Crippen LogP contribution in [0.25, 0.3) is 0 Å². The predicted molar refractivity (Wildman–Crippen MR) is 120 cm³/mol. The van der Waals surface area contributed by atoms with E-state index in [1.807, 2.05) is 18.2 Å². The normalized spacial score (nSPS) is 21.5. The van der Waals surface area contributed by atoms with Crippen LogP contribution in [0.3, 0.4) is 0 Å². The molecule has 32 heavy (non-hydrogen) atoms. The van der Waals surface area contributed by atoms with Crippen LogP contribution < -0.4 is 5.32 Å². The molecule has 9 heteroatoms. The molecule has 4 rings (SSSR count). The number of piperidine rings is 1. The first kappa shape index (κ1) is 22.9. The molecule has 2 aliphatic rings. The standard InChI is InChI=1S/C23H32N4O4S/c1-17-22(18(2)31-25-17)32(29,30)27-14-8-11-20(16-27)23(28)24-15-21(26-12-6-7-13-26)19-9-4-3-5-10-19/h3-5,9-10,20-21H,6-8,11-16H2,1-2H3,(H,24,28). The largest absolute Gasteiger partial charge is 0.360 e. The minimum absolute atomic E-state index is 0.0798. The Hall–Kier alpha value is -2.23. The van der Waals surface area contributed by atoms with Crippen LogP contribution >= 0.6 is 0 Å². The van der Waals surface area contributed by atoms with Gasteiger partial charge in [0.05, 0.1) is 12.0 Å². The quantitative estimate of drug-likeness (QED) is 0.683. The fraction of sp³-hybridized carbons (Fsp3) is 0.565. The average molecular weight is 461 g/mol. The van der Waals surface area contributed by atoms with E-state index in [-0.39, 0.29) is 35.1 Å². The highest BCUT2D eigenvalue weighted by molar-refractivity contribution is 7.89. The molecular weight excluding hydrogens is 428 g/mol. The molecule has 1 N–H and O–H groups in total. The van der Waals surface area contributed by atoms with Crippen molar-refractivity contribution in [3.05, 3.63) is 47.3 Å². The molecule has 8 nitrogen and oxygen atoms in total. The summed E-state index contributed by atoms with van der Waals surface area (Å²) in [4.78, 5) is 15.6. The third-order valence-corrected chi connectivity index (χ3v) is 8.67. The van der Waals surface area contributed by atoms with Crippen molar-refractivity contribution >= 4 is 15.9 Å². The fourth-order valence-corrected chi connectivity index (χ4v) is 6.69. The number of benzene rings is 1. The number of carbonyl (C=O) groups is 1. The van der Waals surface area contributed by atoms with Crippen molar-refractivity contribution in [1.82, 2.24) is 19.7 Å². The smallest absolute Gasteiger partial charge is 0.248 e. The van der Waals surface area contributed by atoms with E-state index < -0.39 is 10.0 Å². The lowest BCUT2D eigenvalue weighted by molar-refractivity contribution is -0.126. The van der Waals surface area contributed by atoms with Gasteiger partial charge in [0.1, 0.15) is 10.6 Å². The van der Waals surface area contributed by atoms with E-state index in [1.165, 1.54) is 22.7 Å². The van der Waals surface area contributed by atoms with Crippen molar-refractivity contribution < 1.29 is 17.7 Å². The van der Waals surface area contributed by atoms with Crippen molar-refractivity contribution in [3.8, 4) is 0 Å². The van der Waals surface area contributed by atoms with Gasteiger partial charge in [-0.15, -0.1) is 0 Å². The monoisotopic (exact) mass is 460 g/mol. The minimum atomic E-state index is -3.74. The van der Waals surface area contributed by atoms with Gasteiger partial charge in [0.25, 0.3) is 0 Å². The molecule has 1 aromatic carbocycles. The maximum absolute atomic E-state index is 13.2. The highest BCUT2D eigenvalue weighted by Gasteiger charge is 2.36. The first-order valence-corrected chi connectivity index (χ1v) is 12.8. The molecule has 2 aliphatic heterocycles. The van der Waals surface area contributed by atoms with Crippen LogP contribution in [0.5, 0.6) is 0 Å². The van der Waals surface area contributed by atoms with Gasteiger partial charge in [-0.2, -0.15) is 4.31 Å². The minimum Gasteiger partial charge on any atom is -0.360 e. The summed E-state index contributed by atoms with van der Waals surface area (Å²) in [6.45, 7) is 6.39. The highest BCUT2D eigenvalue weighted by Crippen LogP contribution is 2.28. The summed E-state index contributed by atoms with van der Waals surface area (Å²) >= 11 is 0. The molecule has 174 valence electrons. The van der Waals surface area contributed by atoms with Crippen LogP contribution in [0, 0.1) is 19.8 Å². The van der Waals surface area contributed by atoms with Crippen molar-refractivity contribution in [2.45, 2.75) is 50.5 Å². The highest BCUT2D eigenvalue weighted by atomic mass is 32.2. The maximum atomic E-state index is 13.2. The molecule has 1 aromatic heterocycles. The Labute approximate surface area is 190 Å². The van der Waals surface area contributed by atoms with E-state index in [0.717, 1.165) is 13.1 Å². The Kier molecular flexibility index (Phi) is 6.97. The van der Waals surface area contributed by atoms with Crippen LogP contribution in [0.15, 0.2) is 39.8 Å². The van der Waals surface area contributed by atoms with Gasteiger partial charge in [-0.3, -0.25) is 9.69 Å². The van der Waals surface area contributed by atoms with Gasteiger partial charge >= 0.3 is 0 Å². The zero-order chi connectivity index (χ0) is 22.7. The Morgan fingerprint density at radius 2 is 1.88 bits per heavy atom. The predicted octanol–water partition coefficient (Wildman–Crippen LogP) is 2.65. The first-order valence-electron chi connectivity index (χ1n) is 11.4. The number of hydrogen-bond donors (Lipinski definition) is 1. The number of rotatable bonds is 7. The first-order chi connectivity index (χ1) is 15.4. The van der Waals surface area contributed by atoms with Gasteiger partial charge in [0.2, 0.25) is 15.9 Å². The number of nitrogens with zero attached hydrogens (tertiary/aromatic N) is 3. The summed E-state index contributed by atoms with van der Waals surface area (Å²) in [5, 5.41) is 6.91. The van der Waals surface area contributed by atoms with E-state index >= 15 is 0 Å². The van der Waals surface area contributed by atoms with E-state index in [1.54, 1.807) is 13.8 Å². The molecule has 2 atom stereocenters. The van der Waals surface area contributed by atoms with Crippen molar-refractivity contribution in [2.24, 2.45) is 5.92 Å². The second-order valence-corrected chi connectivity index (χ2v) is 10.6. The molecule has 0 aliphatic carbocycles. The lowest BCUT2D eigenvalue weighted by atomic mass is 9.98. The topological polar surface area (TPSA) is 95.8 Å². The van der Waals surface area contributed by atoms with Crippen LogP contribution in [0.1, 0.15) is 48.7 Å². The number of aromatic nitrogens is 1. The third kappa shape index (κ3) is 4.74. The summed E-state index contributed by atoms with van der Waals surface area (Å²) in [5.74, 6) is -0.164. The number of nitrogens with one attached hydrogen (secondary N) is 1. The fourth-order valence-electron chi connectivity index (χ4n) is 4.87. The lowest BCUT2D eigenvalue weighted by Gasteiger charge is -2.32. The summed E-state index contributed by atoms with van der Waals surface area (Å²) < 4.78 is 32.8. The molecule has 2 unspecified atom stereocenters. The van der Waals surface area contributed by atoms with E-state index in [4.69, 9.17) is 4.52 Å². The lowest BCUT2D eigenvalue weighted by Crippen LogP contribution is -2.47. The van der Waals surface area contributed by atoms with Crippen molar-refractivity contribution in [1.29, 1.82) is 0 Å². The molecule has 1 amide bonds. The Morgan fingerprint density at radius 1 is 1.16 bits per heavy atom. The molecule has 2 saturated heterocycles. The number of amides is 1. The number of aryl methyl sites for hydroxylation is 2. The van der Waals surface area contributed by atoms with Gasteiger partial charge in [-0.25, -0.2) is 8.42 Å². The Morgan fingerprint density at radius 3 is 2.53 bits per heavy atom. The van der Waals surface area contributed by atoms with Gasteiger partial charge in [-0.1, -0.05) is 35.5 Å². The summed E-state index contributed by atoms with van der Waals surface area (Å²) in [5.41, 5.74) is 1.55. The average Bonchev–Trinajstić information content (AvgIpc) is 3.44. The van der Waals surface area contributed by atoms with E-state index in [2.05, 4.69) is 27.5 Å². The number of hydrogen-bond acceptors (Lipinski definition) is 6. The molecule has 3 heterocycles. The molecule has 0 saturated carbocycles. The molecule has 0 bridgehead atoms. The zero-order valence-electron chi connectivity index (χ0n) is 18.8. The van der Waals surface area contributed by atoms with Gasteiger partial charge in [0, 0.05) is 19.6 Å². The molecule has 0 spiro atoms. The maximum Gasteiger partial charge on any atom is 0.248 e. The second-order valence-electron chi connectivity index (χ2n) is 8.77. The van der Waals surface area contributed by atoms with Crippen LogP contribution in [-0.4, -0.2) is 61.4 Å². The molecule has 2 aromatic rings. The SMILES string of the molecule is Cc1noc(C)c1S(=O)(=O)N1CCCC(C(=O)NCC(c2ccccc2)N2CCCC2)C1. The Balaban J connectivity index is 1.43.